The fourth-order valence-electron chi connectivity index (χ4n) is 3.47. The minimum absolute atomic E-state index is 0.214. The van der Waals surface area contributed by atoms with Crippen LogP contribution in [0.4, 0.5) is 5.69 Å². The van der Waals surface area contributed by atoms with Gasteiger partial charge in [-0.05, 0) is 61.7 Å². The Labute approximate surface area is 185 Å². The quantitative estimate of drug-likeness (QED) is 0.483. The van der Waals surface area contributed by atoms with Crippen LogP contribution >= 0.6 is 11.6 Å². The molecule has 0 radical (unpaired) electrons. The molecule has 1 N–H and O–H groups in total. The number of amides is 1. The summed E-state index contributed by atoms with van der Waals surface area (Å²) < 4.78 is 6.94. The highest BCUT2D eigenvalue weighted by Crippen LogP contribution is 2.30. The average Bonchev–Trinajstić information content (AvgIpc) is 3.16. The SMILES string of the molecule is CCc1nn2c(C)c(C(=O)Nc3ccc(Cl)c(C)c3)nnc2c1-c1ccc(OC)cc1. The number of aromatic nitrogens is 4. The molecule has 7 nitrogen and oxygen atoms in total. The van der Waals surface area contributed by atoms with Crippen molar-refractivity contribution in [2.45, 2.75) is 27.2 Å². The number of nitrogens with zero attached hydrogens (tertiary/aromatic N) is 4. The van der Waals surface area contributed by atoms with Crippen molar-refractivity contribution < 1.29 is 9.53 Å². The Morgan fingerprint density at radius 3 is 2.52 bits per heavy atom. The van der Waals surface area contributed by atoms with E-state index in [1.807, 2.05) is 51.1 Å². The Morgan fingerprint density at radius 1 is 1.13 bits per heavy atom. The van der Waals surface area contributed by atoms with Crippen LogP contribution in [0.5, 0.6) is 5.75 Å². The van der Waals surface area contributed by atoms with Crippen LogP contribution in [0.1, 0.15) is 34.4 Å². The van der Waals surface area contributed by atoms with Crippen LogP contribution in [0.15, 0.2) is 42.5 Å². The van der Waals surface area contributed by atoms with Gasteiger partial charge in [0.25, 0.3) is 5.91 Å². The van der Waals surface area contributed by atoms with Gasteiger partial charge in [-0.3, -0.25) is 4.79 Å². The summed E-state index contributed by atoms with van der Waals surface area (Å²) in [6.45, 7) is 5.73. The molecule has 2 aromatic heterocycles. The normalized spacial score (nSPS) is 11.0. The Bertz CT molecular complexity index is 1280. The molecule has 31 heavy (non-hydrogen) atoms. The molecular weight excluding hydrogens is 414 g/mol. The van der Waals surface area contributed by atoms with E-state index in [1.54, 1.807) is 23.8 Å². The molecule has 4 rings (SSSR count). The van der Waals surface area contributed by atoms with E-state index < -0.39 is 0 Å². The molecule has 0 aliphatic carbocycles. The summed E-state index contributed by atoms with van der Waals surface area (Å²) in [6, 6.07) is 13.0. The fraction of sp³-hybridized carbons (Fsp3) is 0.217. The zero-order valence-corrected chi connectivity index (χ0v) is 18.5. The number of anilines is 1. The smallest absolute Gasteiger partial charge is 0.278 e. The third-order valence-corrected chi connectivity index (χ3v) is 5.61. The lowest BCUT2D eigenvalue weighted by Gasteiger charge is -2.09. The number of carbonyl (C=O) groups is 1. The van der Waals surface area contributed by atoms with Gasteiger partial charge >= 0.3 is 0 Å². The van der Waals surface area contributed by atoms with Gasteiger partial charge < -0.3 is 10.1 Å². The monoisotopic (exact) mass is 435 g/mol. The van der Waals surface area contributed by atoms with Crippen LogP contribution < -0.4 is 10.1 Å². The summed E-state index contributed by atoms with van der Waals surface area (Å²) >= 11 is 6.07. The first-order chi connectivity index (χ1) is 14.9. The Balaban J connectivity index is 1.75. The topological polar surface area (TPSA) is 81.4 Å². The average molecular weight is 436 g/mol. The van der Waals surface area contributed by atoms with Crippen LogP contribution in [0.3, 0.4) is 0 Å². The van der Waals surface area contributed by atoms with E-state index in [-0.39, 0.29) is 11.6 Å². The molecule has 1 amide bonds. The Kier molecular flexibility index (Phi) is 5.61. The minimum atomic E-state index is -0.354. The highest BCUT2D eigenvalue weighted by atomic mass is 35.5. The van der Waals surface area contributed by atoms with Gasteiger partial charge in [0.2, 0.25) is 0 Å². The number of rotatable bonds is 5. The van der Waals surface area contributed by atoms with Crippen molar-refractivity contribution in [2.24, 2.45) is 0 Å². The number of hydrogen-bond donors (Lipinski definition) is 1. The molecule has 2 aromatic carbocycles. The lowest BCUT2D eigenvalue weighted by molar-refractivity contribution is 0.102. The van der Waals surface area contributed by atoms with Crippen molar-refractivity contribution in [3.63, 3.8) is 0 Å². The van der Waals surface area contributed by atoms with E-state index in [0.29, 0.717) is 22.1 Å². The van der Waals surface area contributed by atoms with E-state index in [0.717, 1.165) is 34.6 Å². The van der Waals surface area contributed by atoms with Gasteiger partial charge in [-0.15, -0.1) is 10.2 Å². The molecule has 0 fully saturated rings. The molecule has 0 atom stereocenters. The number of methoxy groups -OCH3 is 1. The van der Waals surface area contributed by atoms with Crippen molar-refractivity contribution in [3.05, 3.63) is 70.1 Å². The van der Waals surface area contributed by atoms with Gasteiger partial charge in [-0.2, -0.15) is 5.10 Å². The second-order valence-electron chi connectivity index (χ2n) is 7.19. The summed E-state index contributed by atoms with van der Waals surface area (Å²) in [5.74, 6) is 0.421. The number of fused-ring (bicyclic) bond motifs is 1. The first-order valence-corrected chi connectivity index (χ1v) is 10.3. The van der Waals surface area contributed by atoms with Crippen LogP contribution in [0.2, 0.25) is 5.02 Å². The number of hydrogen-bond acceptors (Lipinski definition) is 5. The van der Waals surface area contributed by atoms with Crippen LogP contribution in [0, 0.1) is 13.8 Å². The molecule has 2 heterocycles. The van der Waals surface area contributed by atoms with E-state index in [2.05, 4.69) is 15.5 Å². The van der Waals surface area contributed by atoms with Crippen molar-refractivity contribution in [1.29, 1.82) is 0 Å². The number of ether oxygens (including phenoxy) is 1. The predicted molar refractivity (Wildman–Crippen MR) is 121 cm³/mol. The van der Waals surface area contributed by atoms with Gasteiger partial charge in [0.15, 0.2) is 11.3 Å². The standard InChI is InChI=1S/C23H22ClN5O2/c1-5-19-20(15-6-9-17(31-4)10-7-15)22-27-26-21(14(3)29(22)28-19)23(30)25-16-8-11-18(24)13(2)12-16/h6-12H,5H2,1-4H3,(H,25,30). The second kappa shape index (κ2) is 8.35. The number of benzene rings is 2. The van der Waals surface area contributed by atoms with E-state index in [1.165, 1.54) is 0 Å². The zero-order valence-electron chi connectivity index (χ0n) is 17.7. The van der Waals surface area contributed by atoms with Crippen molar-refractivity contribution in [2.75, 3.05) is 12.4 Å². The maximum atomic E-state index is 12.9. The van der Waals surface area contributed by atoms with Crippen LogP contribution in [0.25, 0.3) is 16.8 Å². The molecule has 4 aromatic rings. The molecule has 0 aliphatic rings. The number of aryl methyl sites for hydroxylation is 3. The maximum absolute atomic E-state index is 12.9. The van der Waals surface area contributed by atoms with Gasteiger partial charge in [-0.1, -0.05) is 30.7 Å². The third kappa shape index (κ3) is 3.84. The Morgan fingerprint density at radius 2 is 1.87 bits per heavy atom. The summed E-state index contributed by atoms with van der Waals surface area (Å²) in [4.78, 5) is 12.9. The van der Waals surface area contributed by atoms with Gasteiger partial charge in [0.05, 0.1) is 24.1 Å². The third-order valence-electron chi connectivity index (χ3n) is 5.18. The van der Waals surface area contributed by atoms with Gasteiger partial charge in [0.1, 0.15) is 5.75 Å². The lowest BCUT2D eigenvalue weighted by atomic mass is 10.0. The van der Waals surface area contributed by atoms with Crippen molar-refractivity contribution in [1.82, 2.24) is 19.8 Å². The number of nitrogens with one attached hydrogen (secondary N) is 1. The predicted octanol–water partition coefficient (Wildman–Crippen LogP) is 4.88. The number of halogens is 1. The molecule has 0 aliphatic heterocycles. The number of carbonyl (C=O) groups excluding carboxylic acids is 1. The summed E-state index contributed by atoms with van der Waals surface area (Å²) in [6.07, 6.45) is 0.718. The molecule has 158 valence electrons. The summed E-state index contributed by atoms with van der Waals surface area (Å²) in [5, 5.41) is 16.8. The summed E-state index contributed by atoms with van der Waals surface area (Å²) in [5.41, 5.74) is 5.71. The molecule has 0 saturated carbocycles. The second-order valence-corrected chi connectivity index (χ2v) is 7.60. The highest BCUT2D eigenvalue weighted by molar-refractivity contribution is 6.31. The summed E-state index contributed by atoms with van der Waals surface area (Å²) in [7, 11) is 1.63. The zero-order chi connectivity index (χ0) is 22.1. The molecule has 0 spiro atoms. The molecule has 8 heteroatoms. The molecule has 0 saturated heterocycles. The van der Waals surface area contributed by atoms with Crippen molar-refractivity contribution >= 4 is 28.8 Å². The van der Waals surface area contributed by atoms with Crippen molar-refractivity contribution in [3.8, 4) is 16.9 Å². The minimum Gasteiger partial charge on any atom is -0.497 e. The first kappa shape index (κ1) is 20.8. The van der Waals surface area contributed by atoms with E-state index in [9.17, 15) is 4.79 Å². The molecular formula is C23H22ClN5O2. The van der Waals surface area contributed by atoms with Gasteiger partial charge in [0, 0.05) is 10.7 Å². The van der Waals surface area contributed by atoms with Gasteiger partial charge in [-0.25, -0.2) is 4.52 Å². The fourth-order valence-corrected chi connectivity index (χ4v) is 3.59. The maximum Gasteiger partial charge on any atom is 0.278 e. The molecule has 0 bridgehead atoms. The van der Waals surface area contributed by atoms with E-state index in [4.69, 9.17) is 21.4 Å². The largest absolute Gasteiger partial charge is 0.497 e. The van der Waals surface area contributed by atoms with Crippen LogP contribution in [-0.4, -0.2) is 32.8 Å². The lowest BCUT2D eigenvalue weighted by Crippen LogP contribution is -2.18. The first-order valence-electron chi connectivity index (χ1n) is 9.89. The van der Waals surface area contributed by atoms with Crippen LogP contribution in [-0.2, 0) is 6.42 Å². The molecule has 0 unspecified atom stereocenters. The highest BCUT2D eigenvalue weighted by Gasteiger charge is 2.21. The Hall–Kier alpha value is -3.45. The van der Waals surface area contributed by atoms with E-state index >= 15 is 0 Å².